The lowest BCUT2D eigenvalue weighted by Gasteiger charge is -2.13. The first kappa shape index (κ1) is 13.4. The maximum Gasteiger partial charge on any atom is 0.249 e. The zero-order chi connectivity index (χ0) is 12.8. The summed E-state index contributed by atoms with van der Waals surface area (Å²) < 4.78 is 0. The first-order valence-electron chi connectivity index (χ1n) is 5.05. The van der Waals surface area contributed by atoms with E-state index in [-0.39, 0.29) is 17.4 Å². The zero-order valence-electron chi connectivity index (χ0n) is 8.96. The summed E-state index contributed by atoms with van der Waals surface area (Å²) in [6, 6.07) is -0.736. The molecule has 0 aromatic heterocycles. The largest absolute Gasteiger partial charge is 0.341 e. The number of nitrogens with one attached hydrogen (secondary N) is 3. The molecule has 1 aliphatic heterocycles. The number of carbonyl (C=O) groups excluding carboxylic acids is 3. The lowest BCUT2D eigenvalue weighted by Crippen LogP contribution is -2.46. The highest BCUT2D eigenvalue weighted by Gasteiger charge is 2.24. The molecule has 1 rings (SSSR count). The van der Waals surface area contributed by atoms with Gasteiger partial charge in [0.15, 0.2) is 0 Å². The Balaban J connectivity index is 2.61. The van der Waals surface area contributed by atoms with Gasteiger partial charge in [0.2, 0.25) is 17.7 Å². The summed E-state index contributed by atoms with van der Waals surface area (Å²) in [6.45, 7) is 0. The second-order valence-electron chi connectivity index (χ2n) is 3.54. The topological polar surface area (TPSA) is 99.1 Å². The molecule has 0 radical (unpaired) electrons. The van der Waals surface area contributed by atoms with Gasteiger partial charge in [-0.1, -0.05) is 11.6 Å². The fourth-order valence-corrected chi connectivity index (χ4v) is 1.50. The fourth-order valence-electron chi connectivity index (χ4n) is 1.40. The number of imide groups is 1. The van der Waals surface area contributed by atoms with E-state index < -0.39 is 17.9 Å². The van der Waals surface area contributed by atoms with Gasteiger partial charge in [-0.05, 0) is 12.8 Å². The van der Waals surface area contributed by atoms with E-state index in [9.17, 15) is 14.4 Å². The average molecular weight is 258 g/mol. The Morgan fingerprint density at radius 2 is 2.24 bits per heavy atom. The molecule has 1 atom stereocenters. The van der Waals surface area contributed by atoms with E-state index in [1.165, 1.54) is 0 Å². The second kappa shape index (κ2) is 6.15. The van der Waals surface area contributed by atoms with Crippen LogP contribution in [0.25, 0.3) is 0 Å². The van der Waals surface area contributed by atoms with Crippen molar-refractivity contribution in [3.8, 4) is 0 Å². The van der Waals surface area contributed by atoms with Crippen LogP contribution in [0.3, 0.4) is 0 Å². The molecule has 0 spiro atoms. The van der Waals surface area contributed by atoms with Crippen molar-refractivity contribution in [1.82, 2.24) is 10.6 Å². The molecular formula is C10H12ClN3O3. The standard InChI is InChI=1S/C10H12ClN3O3/c11-6(5-12)4-9(16)13-7-2-1-3-8(15)14-10(7)17/h4-5,7,12H,1-3H2,(H,13,16)(H,14,15,17)/b6-4+,12-5?. The number of hydrogen-bond donors (Lipinski definition) is 3. The molecule has 1 saturated heterocycles. The van der Waals surface area contributed by atoms with Gasteiger partial charge in [-0.15, -0.1) is 0 Å². The van der Waals surface area contributed by atoms with Crippen LogP contribution in [-0.2, 0) is 14.4 Å². The van der Waals surface area contributed by atoms with Gasteiger partial charge in [0, 0.05) is 18.7 Å². The highest BCUT2D eigenvalue weighted by molar-refractivity contribution is 6.40. The zero-order valence-corrected chi connectivity index (χ0v) is 9.71. The SMILES string of the molecule is N=C/C(Cl)=C\C(=O)NC1CCCC(=O)NC1=O. The summed E-state index contributed by atoms with van der Waals surface area (Å²) in [5, 5.41) is 11.4. The summed E-state index contributed by atoms with van der Waals surface area (Å²) in [4.78, 5) is 33.9. The lowest BCUT2D eigenvalue weighted by atomic mass is 10.1. The van der Waals surface area contributed by atoms with Gasteiger partial charge in [-0.25, -0.2) is 0 Å². The van der Waals surface area contributed by atoms with Gasteiger partial charge in [0.25, 0.3) is 0 Å². The van der Waals surface area contributed by atoms with E-state index >= 15 is 0 Å². The monoisotopic (exact) mass is 257 g/mol. The summed E-state index contributed by atoms with van der Waals surface area (Å²) >= 11 is 5.47. The summed E-state index contributed by atoms with van der Waals surface area (Å²) in [5.74, 6) is -1.41. The molecule has 3 amide bonds. The summed E-state index contributed by atoms with van der Waals surface area (Å²) in [5.41, 5.74) is 0. The van der Waals surface area contributed by atoms with Crippen molar-refractivity contribution in [2.75, 3.05) is 0 Å². The highest BCUT2D eigenvalue weighted by Crippen LogP contribution is 2.06. The van der Waals surface area contributed by atoms with Crippen LogP contribution in [0.5, 0.6) is 0 Å². The second-order valence-corrected chi connectivity index (χ2v) is 3.98. The van der Waals surface area contributed by atoms with Crippen LogP contribution in [0.2, 0.25) is 0 Å². The number of allylic oxidation sites excluding steroid dienone is 1. The Morgan fingerprint density at radius 3 is 2.88 bits per heavy atom. The maximum atomic E-state index is 11.5. The van der Waals surface area contributed by atoms with Crippen molar-refractivity contribution in [2.45, 2.75) is 25.3 Å². The van der Waals surface area contributed by atoms with Gasteiger partial charge in [-0.2, -0.15) is 0 Å². The Labute approximate surface area is 103 Å². The molecular weight excluding hydrogens is 246 g/mol. The summed E-state index contributed by atoms with van der Waals surface area (Å²) in [6.07, 6.45) is 3.03. The van der Waals surface area contributed by atoms with Crippen molar-refractivity contribution in [3.63, 3.8) is 0 Å². The van der Waals surface area contributed by atoms with Crippen LogP contribution in [0.4, 0.5) is 0 Å². The van der Waals surface area contributed by atoms with Crippen molar-refractivity contribution >= 4 is 35.5 Å². The molecule has 0 saturated carbocycles. The van der Waals surface area contributed by atoms with E-state index in [1.807, 2.05) is 0 Å². The van der Waals surface area contributed by atoms with Crippen molar-refractivity contribution < 1.29 is 14.4 Å². The number of carbonyl (C=O) groups is 3. The first-order chi connectivity index (χ1) is 8.02. The van der Waals surface area contributed by atoms with Crippen molar-refractivity contribution in [1.29, 1.82) is 5.41 Å². The van der Waals surface area contributed by atoms with Crippen molar-refractivity contribution in [2.24, 2.45) is 0 Å². The van der Waals surface area contributed by atoms with Crippen LogP contribution < -0.4 is 10.6 Å². The molecule has 3 N–H and O–H groups in total. The lowest BCUT2D eigenvalue weighted by molar-refractivity contribution is -0.132. The number of hydrogen-bond acceptors (Lipinski definition) is 4. The van der Waals surface area contributed by atoms with E-state index in [0.29, 0.717) is 12.8 Å². The maximum absolute atomic E-state index is 11.5. The van der Waals surface area contributed by atoms with Crippen LogP contribution in [0, 0.1) is 5.41 Å². The number of amides is 3. The van der Waals surface area contributed by atoms with E-state index in [1.54, 1.807) is 0 Å². The van der Waals surface area contributed by atoms with Crippen LogP contribution >= 0.6 is 11.6 Å². The number of rotatable bonds is 3. The molecule has 1 aliphatic rings. The van der Waals surface area contributed by atoms with Crippen LogP contribution in [0.15, 0.2) is 11.1 Å². The van der Waals surface area contributed by atoms with Gasteiger partial charge in [0.05, 0.1) is 5.03 Å². The minimum Gasteiger partial charge on any atom is -0.341 e. The molecule has 7 heteroatoms. The first-order valence-corrected chi connectivity index (χ1v) is 5.42. The number of halogens is 1. The molecule has 1 unspecified atom stereocenters. The van der Waals surface area contributed by atoms with Gasteiger partial charge in [0.1, 0.15) is 6.04 Å². The molecule has 0 aliphatic carbocycles. The molecule has 0 bridgehead atoms. The molecule has 1 heterocycles. The average Bonchev–Trinajstić information content (AvgIpc) is 2.40. The fraction of sp³-hybridized carbons (Fsp3) is 0.400. The van der Waals surface area contributed by atoms with E-state index in [2.05, 4.69) is 10.6 Å². The smallest absolute Gasteiger partial charge is 0.249 e. The van der Waals surface area contributed by atoms with Gasteiger partial charge in [-0.3, -0.25) is 19.7 Å². The Hall–Kier alpha value is -1.69. The Morgan fingerprint density at radius 1 is 1.53 bits per heavy atom. The predicted octanol–water partition coefficient (Wildman–Crippen LogP) is 0.0702. The third-order valence-corrected chi connectivity index (χ3v) is 2.42. The summed E-state index contributed by atoms with van der Waals surface area (Å²) in [7, 11) is 0. The van der Waals surface area contributed by atoms with Crippen LogP contribution in [0.1, 0.15) is 19.3 Å². The molecule has 92 valence electrons. The van der Waals surface area contributed by atoms with E-state index in [0.717, 1.165) is 12.3 Å². The third-order valence-electron chi connectivity index (χ3n) is 2.20. The Kier molecular flexibility index (Phi) is 4.84. The third kappa shape index (κ3) is 4.36. The van der Waals surface area contributed by atoms with Crippen molar-refractivity contribution in [3.05, 3.63) is 11.1 Å². The van der Waals surface area contributed by atoms with Gasteiger partial charge < -0.3 is 10.7 Å². The normalized spacial score (nSPS) is 21.5. The molecule has 6 nitrogen and oxygen atoms in total. The highest BCUT2D eigenvalue weighted by atomic mass is 35.5. The van der Waals surface area contributed by atoms with Crippen LogP contribution in [-0.4, -0.2) is 30.0 Å². The molecule has 1 fully saturated rings. The van der Waals surface area contributed by atoms with Gasteiger partial charge >= 0.3 is 0 Å². The molecule has 0 aromatic carbocycles. The molecule has 17 heavy (non-hydrogen) atoms. The predicted molar refractivity (Wildman–Crippen MR) is 61.7 cm³/mol. The Bertz CT molecular complexity index is 392. The van der Waals surface area contributed by atoms with E-state index in [4.69, 9.17) is 17.0 Å². The minimum atomic E-state index is -0.736. The quantitative estimate of drug-likeness (QED) is 0.379. The molecule has 0 aromatic rings. The minimum absolute atomic E-state index is 0.0346.